The number of H-pyrrole nitrogens is 1. The van der Waals surface area contributed by atoms with Crippen LogP contribution in [0.2, 0.25) is 0 Å². The van der Waals surface area contributed by atoms with Crippen molar-refractivity contribution in [3.8, 4) is 0 Å². The molecule has 0 saturated carbocycles. The molecule has 0 radical (unpaired) electrons. The Morgan fingerprint density at radius 1 is 0.694 bits per heavy atom. The molecule has 0 bridgehead atoms. The minimum absolute atomic E-state index is 0.183. The maximum absolute atomic E-state index is 5.16. The van der Waals surface area contributed by atoms with E-state index in [0.29, 0.717) is 5.65 Å². The van der Waals surface area contributed by atoms with Crippen LogP contribution in [0.5, 0.6) is 0 Å². The molecular formula is C27H27Br2N7. The standard InChI is InChI=1S/C27H27Br2N7/c1-11-9-12(2)18-15-17(11)30-20-16(19(15)32-24(31-18)26(3,4)5)23-35-25(27(6,7)8)34-22-14(29)10-13(28)21(33-20)36(22)23/h9-10H,1-8H3,(H,31,32). The Kier molecular flexibility index (Phi) is 4.91. The molecule has 7 nitrogen and oxygen atoms in total. The summed E-state index contributed by atoms with van der Waals surface area (Å²) in [7, 11) is 0. The fraction of sp³-hybridized carbons (Fsp3) is 0.370. The number of aryl methyl sites for hydroxylation is 2. The second kappa shape index (κ2) is 7.44. The molecule has 5 heterocycles. The lowest BCUT2D eigenvalue weighted by molar-refractivity contribution is 0.547. The minimum Gasteiger partial charge on any atom is -0.342 e. The number of hydrogen-bond donors (Lipinski definition) is 1. The van der Waals surface area contributed by atoms with Crippen LogP contribution in [0.1, 0.15) is 64.3 Å². The quantitative estimate of drug-likeness (QED) is 0.142. The summed E-state index contributed by atoms with van der Waals surface area (Å²) in [6.45, 7) is 17.1. The molecule has 0 amide bonds. The summed E-state index contributed by atoms with van der Waals surface area (Å²) in [5, 5.41) is 1.88. The lowest BCUT2D eigenvalue weighted by Gasteiger charge is -2.23. The molecule has 6 rings (SSSR count). The van der Waals surface area contributed by atoms with E-state index in [1.807, 2.05) is 10.5 Å². The largest absolute Gasteiger partial charge is 0.342 e. The molecule has 0 aliphatic rings. The maximum Gasteiger partial charge on any atom is 0.168 e. The van der Waals surface area contributed by atoms with Crippen molar-refractivity contribution >= 4 is 81.8 Å². The molecule has 36 heavy (non-hydrogen) atoms. The highest BCUT2D eigenvalue weighted by Gasteiger charge is 2.26. The van der Waals surface area contributed by atoms with E-state index >= 15 is 0 Å². The highest BCUT2D eigenvalue weighted by atomic mass is 79.9. The van der Waals surface area contributed by atoms with Gasteiger partial charge in [0.2, 0.25) is 0 Å². The summed E-state index contributed by atoms with van der Waals surface area (Å²) in [6.07, 6.45) is 0. The van der Waals surface area contributed by atoms with E-state index in [1.54, 1.807) is 0 Å². The molecule has 0 aliphatic heterocycles. The van der Waals surface area contributed by atoms with Gasteiger partial charge in [-0.2, -0.15) is 0 Å². The van der Waals surface area contributed by atoms with Crippen molar-refractivity contribution in [3.05, 3.63) is 43.9 Å². The number of fused-ring (bicyclic) bond motifs is 3. The first-order chi connectivity index (χ1) is 16.8. The molecule has 0 aliphatic carbocycles. The average Bonchev–Trinajstić information content (AvgIpc) is 2.78. The van der Waals surface area contributed by atoms with Crippen molar-refractivity contribution in [1.82, 2.24) is 34.3 Å². The highest BCUT2D eigenvalue weighted by molar-refractivity contribution is 9.11. The number of pyridine rings is 2. The van der Waals surface area contributed by atoms with Crippen molar-refractivity contribution in [2.45, 2.75) is 66.2 Å². The van der Waals surface area contributed by atoms with Gasteiger partial charge in [-0.05, 0) is 62.9 Å². The zero-order valence-corrected chi connectivity index (χ0v) is 24.8. The van der Waals surface area contributed by atoms with Gasteiger partial charge in [-0.1, -0.05) is 47.6 Å². The van der Waals surface area contributed by atoms with E-state index in [1.165, 1.54) is 0 Å². The predicted molar refractivity (Wildman–Crippen MR) is 153 cm³/mol. The van der Waals surface area contributed by atoms with Crippen LogP contribution < -0.4 is 0 Å². The second-order valence-electron chi connectivity index (χ2n) is 11.7. The molecule has 1 N–H and O–H groups in total. The number of aromatic amines is 1. The monoisotopic (exact) mass is 607 g/mol. The lowest BCUT2D eigenvalue weighted by atomic mass is 9.94. The topological polar surface area (TPSA) is 84.6 Å². The summed E-state index contributed by atoms with van der Waals surface area (Å²) >= 11 is 7.44. The summed E-state index contributed by atoms with van der Waals surface area (Å²) < 4.78 is 3.72. The Hall–Kier alpha value is -2.65. The van der Waals surface area contributed by atoms with Crippen LogP contribution in [0, 0.1) is 13.8 Å². The van der Waals surface area contributed by atoms with Gasteiger partial charge in [-0.3, -0.25) is 4.40 Å². The maximum atomic E-state index is 5.16. The molecule has 0 atom stereocenters. The zero-order chi connectivity index (χ0) is 25.9. The van der Waals surface area contributed by atoms with Gasteiger partial charge in [-0.15, -0.1) is 0 Å². The molecule has 6 aromatic rings. The van der Waals surface area contributed by atoms with Gasteiger partial charge in [0.15, 0.2) is 22.6 Å². The Morgan fingerprint density at radius 2 is 1.28 bits per heavy atom. The number of halogens is 2. The number of rotatable bonds is 0. The smallest absolute Gasteiger partial charge is 0.168 e. The van der Waals surface area contributed by atoms with E-state index in [-0.39, 0.29) is 10.8 Å². The molecule has 0 unspecified atom stereocenters. The van der Waals surface area contributed by atoms with E-state index < -0.39 is 0 Å². The van der Waals surface area contributed by atoms with Crippen LogP contribution in [-0.4, -0.2) is 34.3 Å². The number of aromatic nitrogens is 7. The first-order valence-corrected chi connectivity index (χ1v) is 13.5. The van der Waals surface area contributed by atoms with Gasteiger partial charge in [0.1, 0.15) is 11.6 Å². The van der Waals surface area contributed by atoms with Crippen LogP contribution in [0.3, 0.4) is 0 Å². The Morgan fingerprint density at radius 3 is 1.89 bits per heavy atom. The first-order valence-electron chi connectivity index (χ1n) is 11.9. The van der Waals surface area contributed by atoms with Crippen LogP contribution in [0.4, 0.5) is 0 Å². The van der Waals surface area contributed by atoms with Crippen LogP contribution in [0.15, 0.2) is 21.1 Å². The van der Waals surface area contributed by atoms with Crippen molar-refractivity contribution < 1.29 is 0 Å². The van der Waals surface area contributed by atoms with Crippen molar-refractivity contribution in [2.75, 3.05) is 0 Å². The van der Waals surface area contributed by atoms with Gasteiger partial charge < -0.3 is 4.98 Å². The number of nitrogens with one attached hydrogen (secondary N) is 1. The molecule has 0 fully saturated rings. The molecule has 0 spiro atoms. The second-order valence-corrected chi connectivity index (χ2v) is 13.4. The molecule has 9 heteroatoms. The molecule has 0 saturated heterocycles. The van der Waals surface area contributed by atoms with Gasteiger partial charge in [0, 0.05) is 10.8 Å². The molecule has 184 valence electrons. The lowest BCUT2D eigenvalue weighted by Crippen LogP contribution is -2.19. The Balaban J connectivity index is 2.00. The van der Waals surface area contributed by atoms with Crippen molar-refractivity contribution in [1.29, 1.82) is 0 Å². The first kappa shape index (κ1) is 23.7. The SMILES string of the molecule is Cc1cc(C)c2nc3nc4c(Br)cc(Br)c5nc(C(C)(C)C)nc(c3c3[nH]c(C(C)(C)C)nc1c23)n54. The average molecular weight is 609 g/mol. The molecular weight excluding hydrogens is 582 g/mol. The van der Waals surface area contributed by atoms with E-state index in [0.717, 1.165) is 76.0 Å². The van der Waals surface area contributed by atoms with Gasteiger partial charge >= 0.3 is 0 Å². The third-order valence-corrected chi connectivity index (χ3v) is 7.79. The predicted octanol–water partition coefficient (Wildman–Crippen LogP) is 7.59. The third kappa shape index (κ3) is 3.31. The highest BCUT2D eigenvalue weighted by Crippen LogP contribution is 2.38. The van der Waals surface area contributed by atoms with E-state index in [4.69, 9.17) is 24.9 Å². The molecule has 5 aromatic heterocycles. The van der Waals surface area contributed by atoms with Crippen molar-refractivity contribution in [2.24, 2.45) is 0 Å². The van der Waals surface area contributed by atoms with Crippen LogP contribution in [-0.2, 0) is 10.8 Å². The van der Waals surface area contributed by atoms with Gasteiger partial charge in [0.05, 0.1) is 36.3 Å². The minimum atomic E-state index is -0.252. The third-order valence-electron chi connectivity index (χ3n) is 6.62. The van der Waals surface area contributed by atoms with E-state index in [2.05, 4.69) is 98.3 Å². The zero-order valence-electron chi connectivity index (χ0n) is 21.6. The number of nitrogens with zero attached hydrogens (tertiary/aromatic N) is 6. The van der Waals surface area contributed by atoms with Crippen molar-refractivity contribution in [3.63, 3.8) is 0 Å². The summed E-state index contributed by atoms with van der Waals surface area (Å²) in [4.78, 5) is 29.0. The van der Waals surface area contributed by atoms with Gasteiger partial charge in [-0.25, -0.2) is 24.9 Å². The molecule has 1 aromatic carbocycles. The number of hydrogen-bond acceptors (Lipinski definition) is 5. The summed E-state index contributed by atoms with van der Waals surface area (Å²) in [5.41, 5.74) is 7.50. The number of benzene rings is 1. The fourth-order valence-electron chi connectivity index (χ4n) is 4.76. The van der Waals surface area contributed by atoms with Crippen LogP contribution in [0.25, 0.3) is 49.9 Å². The van der Waals surface area contributed by atoms with Crippen LogP contribution >= 0.6 is 31.9 Å². The Labute approximate surface area is 225 Å². The normalized spacial score (nSPS) is 13.3. The fourth-order valence-corrected chi connectivity index (χ4v) is 6.06. The summed E-state index contributed by atoms with van der Waals surface area (Å²) in [6, 6.07) is 4.15. The van der Waals surface area contributed by atoms with E-state index in [9.17, 15) is 0 Å². The Bertz CT molecular complexity index is 1770. The summed E-state index contributed by atoms with van der Waals surface area (Å²) in [5.74, 6) is 1.66. The van der Waals surface area contributed by atoms with Gasteiger partial charge in [0.25, 0.3) is 0 Å².